The molecule has 5 rings (SSSR count). The van der Waals surface area contributed by atoms with Crippen LogP contribution in [0.3, 0.4) is 0 Å². The molecule has 1 aliphatic carbocycles. The number of hydrogen-bond acceptors (Lipinski definition) is 4. The molecule has 1 saturated heterocycles. The van der Waals surface area contributed by atoms with Gasteiger partial charge in [0.15, 0.2) is 0 Å². The second kappa shape index (κ2) is 8.14. The molecule has 3 aliphatic heterocycles. The van der Waals surface area contributed by atoms with Crippen LogP contribution >= 0.6 is 0 Å². The lowest BCUT2D eigenvalue weighted by Crippen LogP contribution is -2.40. The lowest BCUT2D eigenvalue weighted by atomic mass is 9.86. The minimum atomic E-state index is 0.264. The topological polar surface area (TPSA) is 27.7 Å². The number of fused-ring (bicyclic) bond motifs is 1. The number of allylic oxidation sites excluding steroid dienone is 3. The second-order valence-electron chi connectivity index (χ2n) is 8.39. The number of morpholine rings is 1. The molecule has 0 aromatic heterocycles. The van der Waals surface area contributed by atoms with E-state index in [-0.39, 0.29) is 6.17 Å². The summed E-state index contributed by atoms with van der Waals surface area (Å²) in [4.78, 5) is 5.06. The van der Waals surface area contributed by atoms with Gasteiger partial charge in [0.1, 0.15) is 6.17 Å². The zero-order valence-corrected chi connectivity index (χ0v) is 16.6. The molecule has 3 heterocycles. The number of ether oxygens (including phenoxy) is 1. The van der Waals surface area contributed by atoms with Crippen LogP contribution in [0.5, 0.6) is 0 Å². The van der Waals surface area contributed by atoms with Gasteiger partial charge in [-0.3, -0.25) is 4.90 Å². The Morgan fingerprint density at radius 3 is 2.57 bits per heavy atom. The van der Waals surface area contributed by atoms with Gasteiger partial charge in [0.25, 0.3) is 0 Å². The van der Waals surface area contributed by atoms with Crippen molar-refractivity contribution in [1.29, 1.82) is 0 Å². The highest BCUT2D eigenvalue weighted by molar-refractivity contribution is 5.75. The maximum atomic E-state index is 5.58. The highest BCUT2D eigenvalue weighted by atomic mass is 16.5. The zero-order chi connectivity index (χ0) is 18.8. The molecule has 1 unspecified atom stereocenters. The summed E-state index contributed by atoms with van der Waals surface area (Å²) in [5.74, 6) is 0.692. The number of hydrogen-bond donors (Lipinski definition) is 1. The van der Waals surface area contributed by atoms with Gasteiger partial charge >= 0.3 is 0 Å². The number of nitrogens with one attached hydrogen (secondary N) is 1. The molecule has 4 heteroatoms. The summed E-state index contributed by atoms with van der Waals surface area (Å²) in [6, 6.07) is 10.7. The molecule has 2 fully saturated rings. The molecular weight excluding hydrogens is 346 g/mol. The quantitative estimate of drug-likeness (QED) is 0.860. The first kappa shape index (κ1) is 18.0. The minimum absolute atomic E-state index is 0.264. The van der Waals surface area contributed by atoms with E-state index in [2.05, 4.69) is 63.8 Å². The molecule has 4 aliphatic rings. The standard InChI is InChI=1S/C24H31N3O/c1-3-7-19(8-4-1)21-11-12-23-25-24(20-9-5-2-6-10-20)22(27(23)17-21)18-26-13-15-28-16-14-26/h1,3-4,7-8,11-12,17,20,23,25H,2,5-6,9-10,13-16,18H2. The SMILES string of the molecule is C1=CC2NC(C3CCCCC3)=C(CN3CCOCC3)N2C=C1c1ccccc1. The largest absolute Gasteiger partial charge is 0.379 e. The summed E-state index contributed by atoms with van der Waals surface area (Å²) in [5, 5.41) is 3.89. The molecule has 1 saturated carbocycles. The maximum absolute atomic E-state index is 5.58. The summed E-state index contributed by atoms with van der Waals surface area (Å²) in [6.07, 6.45) is 14.0. The fourth-order valence-corrected chi connectivity index (χ4v) is 4.99. The third-order valence-corrected chi connectivity index (χ3v) is 6.56. The molecular formula is C24H31N3O. The molecule has 28 heavy (non-hydrogen) atoms. The Hall–Kier alpha value is -2.04. The van der Waals surface area contributed by atoms with Crippen molar-refractivity contribution in [2.24, 2.45) is 5.92 Å². The Morgan fingerprint density at radius 2 is 1.79 bits per heavy atom. The van der Waals surface area contributed by atoms with E-state index >= 15 is 0 Å². The molecule has 1 aromatic rings. The van der Waals surface area contributed by atoms with E-state index in [0.717, 1.165) is 32.8 Å². The Kier molecular flexibility index (Phi) is 5.24. The third-order valence-electron chi connectivity index (χ3n) is 6.56. The van der Waals surface area contributed by atoms with Gasteiger partial charge in [-0.1, -0.05) is 55.7 Å². The lowest BCUT2D eigenvalue weighted by Gasteiger charge is -2.32. The zero-order valence-electron chi connectivity index (χ0n) is 16.6. The van der Waals surface area contributed by atoms with E-state index in [9.17, 15) is 0 Å². The van der Waals surface area contributed by atoms with Gasteiger partial charge in [0.05, 0.1) is 18.9 Å². The molecule has 1 N–H and O–H groups in total. The van der Waals surface area contributed by atoms with Crippen molar-refractivity contribution in [2.45, 2.75) is 38.3 Å². The van der Waals surface area contributed by atoms with Crippen LogP contribution in [-0.2, 0) is 4.74 Å². The molecule has 0 radical (unpaired) electrons. The summed E-state index contributed by atoms with van der Waals surface area (Å²) >= 11 is 0. The Morgan fingerprint density at radius 1 is 1.00 bits per heavy atom. The van der Waals surface area contributed by atoms with Crippen LogP contribution in [0.15, 0.2) is 60.1 Å². The van der Waals surface area contributed by atoms with E-state index in [0.29, 0.717) is 5.92 Å². The van der Waals surface area contributed by atoms with Crippen LogP contribution in [0, 0.1) is 5.92 Å². The number of rotatable bonds is 4. The molecule has 0 spiro atoms. The molecule has 1 atom stereocenters. The van der Waals surface area contributed by atoms with Crippen LogP contribution in [0.2, 0.25) is 0 Å². The summed E-state index contributed by atoms with van der Waals surface area (Å²) in [6.45, 7) is 4.79. The van der Waals surface area contributed by atoms with Crippen LogP contribution < -0.4 is 5.32 Å². The first-order valence-electron chi connectivity index (χ1n) is 10.9. The Labute approximate surface area is 168 Å². The lowest BCUT2D eigenvalue weighted by molar-refractivity contribution is 0.0399. The normalized spacial score (nSPS) is 26.2. The number of benzene rings is 1. The van der Waals surface area contributed by atoms with Gasteiger partial charge in [-0.15, -0.1) is 0 Å². The van der Waals surface area contributed by atoms with E-state index in [1.807, 2.05) is 0 Å². The van der Waals surface area contributed by atoms with Crippen molar-refractivity contribution in [3.8, 4) is 0 Å². The average molecular weight is 378 g/mol. The third kappa shape index (κ3) is 3.63. The average Bonchev–Trinajstić information content (AvgIpc) is 3.13. The van der Waals surface area contributed by atoms with Gasteiger partial charge in [0, 0.05) is 37.4 Å². The predicted octanol–water partition coefficient (Wildman–Crippen LogP) is 3.95. The predicted molar refractivity (Wildman–Crippen MR) is 113 cm³/mol. The van der Waals surface area contributed by atoms with E-state index in [1.165, 1.54) is 54.6 Å². The fraction of sp³-hybridized carbons (Fsp3) is 0.500. The molecule has 0 bridgehead atoms. The summed E-state index contributed by atoms with van der Waals surface area (Å²) in [5.41, 5.74) is 5.57. The maximum Gasteiger partial charge on any atom is 0.122 e. The van der Waals surface area contributed by atoms with Gasteiger partial charge < -0.3 is 15.0 Å². The Balaban J connectivity index is 1.46. The highest BCUT2D eigenvalue weighted by Crippen LogP contribution is 2.37. The van der Waals surface area contributed by atoms with Crippen molar-refractivity contribution in [2.75, 3.05) is 32.8 Å². The monoisotopic (exact) mass is 377 g/mol. The molecule has 0 amide bonds. The van der Waals surface area contributed by atoms with E-state index in [1.54, 1.807) is 0 Å². The number of nitrogens with zero attached hydrogens (tertiary/aromatic N) is 2. The first-order valence-corrected chi connectivity index (χ1v) is 10.9. The van der Waals surface area contributed by atoms with Gasteiger partial charge in [-0.05, 0) is 30.1 Å². The highest BCUT2D eigenvalue weighted by Gasteiger charge is 2.35. The second-order valence-corrected chi connectivity index (χ2v) is 8.39. The molecule has 4 nitrogen and oxygen atoms in total. The first-order chi connectivity index (χ1) is 13.9. The van der Waals surface area contributed by atoms with Crippen molar-refractivity contribution < 1.29 is 4.74 Å². The smallest absolute Gasteiger partial charge is 0.122 e. The minimum Gasteiger partial charge on any atom is -0.379 e. The summed E-state index contributed by atoms with van der Waals surface area (Å²) in [7, 11) is 0. The van der Waals surface area contributed by atoms with E-state index in [4.69, 9.17) is 4.74 Å². The molecule has 148 valence electrons. The van der Waals surface area contributed by atoms with Crippen molar-refractivity contribution in [3.05, 3.63) is 65.6 Å². The van der Waals surface area contributed by atoms with Crippen LogP contribution in [-0.4, -0.2) is 48.8 Å². The fourth-order valence-electron chi connectivity index (χ4n) is 4.99. The van der Waals surface area contributed by atoms with Crippen molar-refractivity contribution in [3.63, 3.8) is 0 Å². The van der Waals surface area contributed by atoms with Gasteiger partial charge in [-0.2, -0.15) is 0 Å². The van der Waals surface area contributed by atoms with Crippen molar-refractivity contribution in [1.82, 2.24) is 15.1 Å². The van der Waals surface area contributed by atoms with Crippen molar-refractivity contribution >= 4 is 5.57 Å². The van der Waals surface area contributed by atoms with Crippen LogP contribution in [0.25, 0.3) is 5.57 Å². The van der Waals surface area contributed by atoms with Gasteiger partial charge in [0.2, 0.25) is 0 Å². The molecule has 1 aromatic carbocycles. The van der Waals surface area contributed by atoms with Crippen LogP contribution in [0.1, 0.15) is 37.7 Å². The van der Waals surface area contributed by atoms with Gasteiger partial charge in [-0.25, -0.2) is 0 Å². The van der Waals surface area contributed by atoms with Crippen LogP contribution in [0.4, 0.5) is 0 Å². The Bertz CT molecular complexity index is 770. The van der Waals surface area contributed by atoms with E-state index < -0.39 is 0 Å². The summed E-state index contributed by atoms with van der Waals surface area (Å²) < 4.78 is 5.58.